The minimum atomic E-state index is -2.92. The number of benzene rings is 2. The van der Waals surface area contributed by atoms with Crippen LogP contribution in [0.3, 0.4) is 0 Å². The third-order valence-corrected chi connectivity index (χ3v) is 3.92. The van der Waals surface area contributed by atoms with Crippen LogP contribution >= 0.6 is 0 Å². The smallest absolute Gasteiger partial charge is 0.387 e. The van der Waals surface area contributed by atoms with E-state index in [0.29, 0.717) is 29.6 Å². The highest BCUT2D eigenvalue weighted by Crippen LogP contribution is 2.39. The average molecular weight is 347 g/mol. The lowest BCUT2D eigenvalue weighted by molar-refractivity contribution is -0.0505. The number of hydrogen-bond acceptors (Lipinski definition) is 5. The van der Waals surface area contributed by atoms with Gasteiger partial charge in [-0.3, -0.25) is 0 Å². The second-order valence-corrected chi connectivity index (χ2v) is 5.63. The van der Waals surface area contributed by atoms with Crippen molar-refractivity contribution in [2.45, 2.75) is 13.2 Å². The molecule has 0 spiro atoms. The van der Waals surface area contributed by atoms with E-state index in [4.69, 9.17) is 9.47 Å². The lowest BCUT2D eigenvalue weighted by Crippen LogP contribution is -2.19. The van der Waals surface area contributed by atoms with Crippen LogP contribution in [0.15, 0.2) is 36.4 Å². The first kappa shape index (κ1) is 15.5. The molecule has 0 saturated heterocycles. The molecule has 8 heteroatoms. The number of para-hydroxylation sites is 2. The molecule has 130 valence electrons. The predicted molar refractivity (Wildman–Crippen MR) is 87.4 cm³/mol. The molecule has 0 atom stereocenters. The second-order valence-electron chi connectivity index (χ2n) is 5.63. The minimum Gasteiger partial charge on any atom is -0.454 e. The monoisotopic (exact) mass is 347 g/mol. The molecule has 0 amide bonds. The number of H-pyrrole nitrogens is 1. The molecule has 2 aromatic carbocycles. The normalized spacial score (nSPS) is 12.8. The molecule has 0 unspecified atom stereocenters. The van der Waals surface area contributed by atoms with Gasteiger partial charge in [0.25, 0.3) is 0 Å². The maximum Gasteiger partial charge on any atom is 0.387 e. The van der Waals surface area contributed by atoms with Gasteiger partial charge in [0.05, 0.1) is 11.0 Å². The van der Waals surface area contributed by atoms with E-state index in [9.17, 15) is 8.78 Å². The van der Waals surface area contributed by atoms with E-state index < -0.39 is 6.61 Å². The van der Waals surface area contributed by atoms with E-state index >= 15 is 0 Å². The van der Waals surface area contributed by atoms with Crippen molar-refractivity contribution in [1.29, 1.82) is 0 Å². The summed E-state index contributed by atoms with van der Waals surface area (Å²) in [7, 11) is 1.81. The zero-order chi connectivity index (χ0) is 17.4. The first-order valence-corrected chi connectivity index (χ1v) is 7.63. The van der Waals surface area contributed by atoms with E-state index in [1.165, 1.54) is 6.07 Å². The van der Waals surface area contributed by atoms with Crippen LogP contribution in [0.25, 0.3) is 11.0 Å². The fraction of sp³-hybridized carbons (Fsp3) is 0.235. The van der Waals surface area contributed by atoms with Gasteiger partial charge in [-0.15, -0.1) is 0 Å². The quantitative estimate of drug-likeness (QED) is 0.765. The summed E-state index contributed by atoms with van der Waals surface area (Å²) in [5, 5.41) is 0. The Morgan fingerprint density at radius 2 is 2.00 bits per heavy atom. The Kier molecular flexibility index (Phi) is 3.79. The van der Waals surface area contributed by atoms with Crippen molar-refractivity contribution in [3.8, 4) is 17.2 Å². The van der Waals surface area contributed by atoms with Gasteiger partial charge < -0.3 is 24.1 Å². The largest absolute Gasteiger partial charge is 0.454 e. The van der Waals surface area contributed by atoms with E-state index in [2.05, 4.69) is 14.7 Å². The number of alkyl halides is 2. The third-order valence-electron chi connectivity index (χ3n) is 3.92. The van der Waals surface area contributed by atoms with Crippen LogP contribution in [0.2, 0.25) is 0 Å². The van der Waals surface area contributed by atoms with Gasteiger partial charge in [0.15, 0.2) is 11.5 Å². The van der Waals surface area contributed by atoms with Crippen molar-refractivity contribution < 1.29 is 23.0 Å². The summed E-state index contributed by atoms with van der Waals surface area (Å²) in [5.41, 5.74) is 2.28. The number of fused-ring (bicyclic) bond motifs is 2. The molecule has 6 nitrogen and oxygen atoms in total. The molecule has 1 aliphatic heterocycles. The van der Waals surface area contributed by atoms with Crippen LogP contribution in [-0.4, -0.2) is 30.4 Å². The highest BCUT2D eigenvalue weighted by atomic mass is 19.3. The zero-order valence-corrected chi connectivity index (χ0v) is 13.3. The summed E-state index contributed by atoms with van der Waals surface area (Å²) in [6, 6.07) is 10.7. The minimum absolute atomic E-state index is 0.0576. The molecule has 0 fully saturated rings. The highest BCUT2D eigenvalue weighted by molar-refractivity contribution is 5.77. The van der Waals surface area contributed by atoms with Gasteiger partial charge in [-0.05, 0) is 18.2 Å². The van der Waals surface area contributed by atoms with Crippen LogP contribution in [0, 0.1) is 0 Å². The number of halogens is 2. The average Bonchev–Trinajstić information content (AvgIpc) is 3.20. The summed E-state index contributed by atoms with van der Waals surface area (Å²) in [6.45, 7) is -2.55. The summed E-state index contributed by atoms with van der Waals surface area (Å²) >= 11 is 0. The lowest BCUT2D eigenvalue weighted by atomic mass is 10.1. The SMILES string of the molecule is CN(Cc1cc2c(cc1OC(F)F)OCO2)c1nc2ccccc2[nH]1. The Morgan fingerprint density at radius 3 is 2.76 bits per heavy atom. The molecular weight excluding hydrogens is 332 g/mol. The first-order valence-electron chi connectivity index (χ1n) is 7.63. The summed E-state index contributed by atoms with van der Waals surface area (Å²) in [4.78, 5) is 9.51. The van der Waals surface area contributed by atoms with Gasteiger partial charge >= 0.3 is 6.61 Å². The molecule has 0 bridgehead atoms. The number of nitrogens with zero attached hydrogens (tertiary/aromatic N) is 2. The van der Waals surface area contributed by atoms with Gasteiger partial charge in [0, 0.05) is 25.2 Å². The molecule has 2 heterocycles. The fourth-order valence-electron chi connectivity index (χ4n) is 2.75. The van der Waals surface area contributed by atoms with Gasteiger partial charge in [-0.1, -0.05) is 12.1 Å². The maximum absolute atomic E-state index is 12.7. The number of anilines is 1. The van der Waals surface area contributed by atoms with Crippen molar-refractivity contribution in [3.63, 3.8) is 0 Å². The highest BCUT2D eigenvalue weighted by Gasteiger charge is 2.21. The maximum atomic E-state index is 12.7. The van der Waals surface area contributed by atoms with Gasteiger partial charge in [0.2, 0.25) is 12.7 Å². The number of rotatable bonds is 5. The molecule has 0 radical (unpaired) electrons. The first-order chi connectivity index (χ1) is 12.1. The van der Waals surface area contributed by atoms with Crippen molar-refractivity contribution in [2.75, 3.05) is 18.7 Å². The van der Waals surface area contributed by atoms with E-state index in [1.54, 1.807) is 6.07 Å². The van der Waals surface area contributed by atoms with E-state index in [0.717, 1.165) is 11.0 Å². The lowest BCUT2D eigenvalue weighted by Gasteiger charge is -2.19. The van der Waals surface area contributed by atoms with Crippen LogP contribution in [-0.2, 0) is 6.54 Å². The fourth-order valence-corrected chi connectivity index (χ4v) is 2.75. The van der Waals surface area contributed by atoms with E-state index in [-0.39, 0.29) is 12.5 Å². The molecule has 3 aromatic rings. The zero-order valence-electron chi connectivity index (χ0n) is 13.3. The Balaban J connectivity index is 1.64. The van der Waals surface area contributed by atoms with Crippen molar-refractivity contribution in [2.24, 2.45) is 0 Å². The van der Waals surface area contributed by atoms with Crippen molar-refractivity contribution >= 4 is 17.0 Å². The third kappa shape index (κ3) is 3.02. The van der Waals surface area contributed by atoms with Crippen LogP contribution < -0.4 is 19.1 Å². The van der Waals surface area contributed by atoms with Crippen molar-refractivity contribution in [3.05, 3.63) is 42.0 Å². The molecule has 1 aromatic heterocycles. The second kappa shape index (κ2) is 6.12. The Labute approximate surface area is 141 Å². The van der Waals surface area contributed by atoms with Crippen LogP contribution in [0.5, 0.6) is 17.2 Å². The number of imidazole rings is 1. The molecular formula is C17H15F2N3O3. The molecule has 0 saturated carbocycles. The molecule has 4 rings (SSSR count). The van der Waals surface area contributed by atoms with Crippen molar-refractivity contribution in [1.82, 2.24) is 9.97 Å². The molecule has 1 N–H and O–H groups in total. The van der Waals surface area contributed by atoms with Crippen LogP contribution in [0.4, 0.5) is 14.7 Å². The summed E-state index contributed by atoms with van der Waals surface area (Å²) in [5.74, 6) is 1.59. The topological polar surface area (TPSA) is 59.6 Å². The standard InChI is InChI=1S/C17H15F2N3O3/c1-22(17-20-11-4-2-3-5-12(11)21-17)8-10-6-14-15(24-9-23-14)7-13(10)25-16(18)19/h2-7,16H,8-9H2,1H3,(H,20,21). The Hall–Kier alpha value is -3.03. The van der Waals surface area contributed by atoms with Crippen LogP contribution in [0.1, 0.15) is 5.56 Å². The number of nitrogens with one attached hydrogen (secondary N) is 1. The molecule has 25 heavy (non-hydrogen) atoms. The number of hydrogen-bond donors (Lipinski definition) is 1. The number of aromatic nitrogens is 2. The number of aromatic amines is 1. The van der Waals surface area contributed by atoms with Gasteiger partial charge in [0.1, 0.15) is 5.75 Å². The predicted octanol–water partition coefficient (Wildman–Crippen LogP) is 3.53. The Bertz CT molecular complexity index is 880. The molecule has 0 aliphatic carbocycles. The summed E-state index contributed by atoms with van der Waals surface area (Å²) < 4.78 is 40.6. The van der Waals surface area contributed by atoms with Gasteiger partial charge in [-0.2, -0.15) is 8.78 Å². The summed E-state index contributed by atoms with van der Waals surface area (Å²) in [6.07, 6.45) is 0. The Morgan fingerprint density at radius 1 is 1.24 bits per heavy atom. The number of ether oxygens (including phenoxy) is 3. The van der Waals surface area contributed by atoms with E-state index in [1.807, 2.05) is 36.2 Å². The molecule has 1 aliphatic rings. The van der Waals surface area contributed by atoms with Gasteiger partial charge in [-0.25, -0.2) is 4.98 Å².